The molecule has 126 valence electrons. The lowest BCUT2D eigenvalue weighted by Gasteiger charge is -2.40. The van der Waals surface area contributed by atoms with Gasteiger partial charge in [-0.25, -0.2) is 0 Å². The molecular weight excluding hydrogens is 304 g/mol. The van der Waals surface area contributed by atoms with Crippen molar-refractivity contribution >= 4 is 22.7 Å². The summed E-state index contributed by atoms with van der Waals surface area (Å²) in [7, 11) is 0. The minimum atomic E-state index is 0.880. The van der Waals surface area contributed by atoms with Crippen LogP contribution in [0.2, 0.25) is 0 Å². The SMILES string of the molecule is CCN1c2ccc(C)cc2N(Cc2ccccc2)c2cc(C)ccc21. The third-order valence-corrected chi connectivity index (χ3v) is 4.92. The predicted octanol–water partition coefficient (Wildman–Crippen LogP) is 6.11. The molecule has 4 rings (SSSR count). The van der Waals surface area contributed by atoms with Crippen molar-refractivity contribution in [2.45, 2.75) is 27.3 Å². The zero-order valence-electron chi connectivity index (χ0n) is 15.2. The standard InChI is InChI=1S/C23H24N2/c1-4-24-20-12-10-17(2)14-22(20)25(16-19-8-6-5-7-9-19)23-15-18(3)11-13-21(23)24/h5-15H,4,16H2,1-3H3. The first-order valence-corrected chi connectivity index (χ1v) is 8.97. The van der Waals surface area contributed by atoms with Crippen molar-refractivity contribution in [1.29, 1.82) is 0 Å². The minimum absolute atomic E-state index is 0.880. The second-order valence-electron chi connectivity index (χ2n) is 6.80. The Labute approximate surface area is 150 Å². The lowest BCUT2D eigenvalue weighted by Crippen LogP contribution is -2.29. The van der Waals surface area contributed by atoms with Crippen LogP contribution in [0.4, 0.5) is 22.7 Å². The summed E-state index contributed by atoms with van der Waals surface area (Å²) in [6.45, 7) is 8.41. The molecule has 0 aromatic heterocycles. The molecular formula is C23H24N2. The summed E-state index contributed by atoms with van der Waals surface area (Å²) < 4.78 is 0. The summed E-state index contributed by atoms with van der Waals surface area (Å²) in [6.07, 6.45) is 0. The van der Waals surface area contributed by atoms with Crippen LogP contribution in [0.3, 0.4) is 0 Å². The van der Waals surface area contributed by atoms with Crippen molar-refractivity contribution in [2.75, 3.05) is 16.3 Å². The first-order valence-electron chi connectivity index (χ1n) is 8.97. The minimum Gasteiger partial charge on any atom is -0.338 e. The Morgan fingerprint density at radius 1 is 0.640 bits per heavy atom. The molecule has 0 saturated heterocycles. The molecule has 0 fully saturated rings. The van der Waals surface area contributed by atoms with E-state index >= 15 is 0 Å². The van der Waals surface area contributed by atoms with E-state index in [4.69, 9.17) is 0 Å². The van der Waals surface area contributed by atoms with Crippen LogP contribution in [0.1, 0.15) is 23.6 Å². The molecule has 0 radical (unpaired) electrons. The van der Waals surface area contributed by atoms with Gasteiger partial charge in [0, 0.05) is 13.1 Å². The molecule has 0 saturated carbocycles. The zero-order chi connectivity index (χ0) is 17.4. The Morgan fingerprint density at radius 3 is 1.72 bits per heavy atom. The van der Waals surface area contributed by atoms with Gasteiger partial charge in [0.2, 0.25) is 0 Å². The maximum atomic E-state index is 2.46. The van der Waals surface area contributed by atoms with Gasteiger partial charge in [0.15, 0.2) is 0 Å². The number of rotatable bonds is 3. The summed E-state index contributed by atoms with van der Waals surface area (Å²) in [4.78, 5) is 4.89. The quantitative estimate of drug-likeness (QED) is 0.572. The summed E-state index contributed by atoms with van der Waals surface area (Å²) >= 11 is 0. The molecule has 0 spiro atoms. The van der Waals surface area contributed by atoms with E-state index in [0.717, 1.165) is 13.1 Å². The van der Waals surface area contributed by atoms with Crippen molar-refractivity contribution < 1.29 is 0 Å². The van der Waals surface area contributed by atoms with Crippen LogP contribution in [-0.4, -0.2) is 6.54 Å². The first kappa shape index (κ1) is 15.8. The van der Waals surface area contributed by atoms with Gasteiger partial charge in [0.05, 0.1) is 22.7 Å². The summed E-state index contributed by atoms with van der Waals surface area (Å²) in [5.41, 5.74) is 9.09. The van der Waals surface area contributed by atoms with E-state index in [-0.39, 0.29) is 0 Å². The maximum Gasteiger partial charge on any atom is 0.0658 e. The molecule has 3 aromatic carbocycles. The molecule has 1 aliphatic heterocycles. The zero-order valence-corrected chi connectivity index (χ0v) is 15.2. The second kappa shape index (κ2) is 6.29. The fourth-order valence-electron chi connectivity index (χ4n) is 3.69. The highest BCUT2D eigenvalue weighted by Gasteiger charge is 2.27. The van der Waals surface area contributed by atoms with Crippen LogP contribution in [0, 0.1) is 13.8 Å². The Kier molecular flexibility index (Phi) is 3.96. The van der Waals surface area contributed by atoms with Gasteiger partial charge >= 0.3 is 0 Å². The van der Waals surface area contributed by atoms with Crippen LogP contribution in [0.5, 0.6) is 0 Å². The summed E-state index contributed by atoms with van der Waals surface area (Å²) in [6, 6.07) is 24.3. The molecule has 0 unspecified atom stereocenters. The van der Waals surface area contributed by atoms with Crippen molar-refractivity contribution in [2.24, 2.45) is 0 Å². The van der Waals surface area contributed by atoms with Gasteiger partial charge in [0.1, 0.15) is 0 Å². The number of hydrogen-bond acceptors (Lipinski definition) is 2. The monoisotopic (exact) mass is 328 g/mol. The molecule has 0 N–H and O–H groups in total. The van der Waals surface area contributed by atoms with Crippen LogP contribution in [0.25, 0.3) is 0 Å². The van der Waals surface area contributed by atoms with E-state index in [0.29, 0.717) is 0 Å². The molecule has 2 nitrogen and oxygen atoms in total. The van der Waals surface area contributed by atoms with Crippen LogP contribution in [0.15, 0.2) is 66.7 Å². The van der Waals surface area contributed by atoms with Gasteiger partial charge in [-0.05, 0) is 61.7 Å². The maximum absolute atomic E-state index is 2.46. The van der Waals surface area contributed by atoms with Crippen LogP contribution in [-0.2, 0) is 6.54 Å². The number of aryl methyl sites for hydroxylation is 2. The molecule has 2 heteroatoms. The van der Waals surface area contributed by atoms with Crippen molar-refractivity contribution in [1.82, 2.24) is 0 Å². The lowest BCUT2D eigenvalue weighted by molar-refractivity contribution is 0.919. The van der Waals surface area contributed by atoms with Crippen molar-refractivity contribution in [3.63, 3.8) is 0 Å². The molecule has 1 aliphatic rings. The van der Waals surface area contributed by atoms with Gasteiger partial charge in [-0.2, -0.15) is 0 Å². The molecule has 0 aliphatic carbocycles. The molecule has 0 amide bonds. The first-order chi connectivity index (χ1) is 12.2. The average Bonchev–Trinajstić information content (AvgIpc) is 2.63. The predicted molar refractivity (Wildman–Crippen MR) is 107 cm³/mol. The van der Waals surface area contributed by atoms with Gasteiger partial charge in [-0.3, -0.25) is 0 Å². The molecule has 0 atom stereocenters. The highest BCUT2D eigenvalue weighted by molar-refractivity contribution is 5.93. The fourth-order valence-corrected chi connectivity index (χ4v) is 3.69. The van der Waals surface area contributed by atoms with E-state index < -0.39 is 0 Å². The summed E-state index contributed by atoms with van der Waals surface area (Å²) in [5, 5.41) is 0. The molecule has 1 heterocycles. The Morgan fingerprint density at radius 2 is 1.20 bits per heavy atom. The Balaban J connectivity index is 1.91. The van der Waals surface area contributed by atoms with Gasteiger partial charge in [-0.1, -0.05) is 42.5 Å². The third kappa shape index (κ3) is 2.78. The van der Waals surface area contributed by atoms with Gasteiger partial charge in [0.25, 0.3) is 0 Å². The molecule has 3 aromatic rings. The highest BCUT2D eigenvalue weighted by Crippen LogP contribution is 2.48. The van der Waals surface area contributed by atoms with Crippen molar-refractivity contribution in [3.8, 4) is 0 Å². The van der Waals surface area contributed by atoms with Gasteiger partial charge < -0.3 is 9.80 Å². The topological polar surface area (TPSA) is 6.48 Å². The smallest absolute Gasteiger partial charge is 0.0658 e. The molecule has 25 heavy (non-hydrogen) atoms. The highest BCUT2D eigenvalue weighted by atomic mass is 15.3. The van der Waals surface area contributed by atoms with E-state index in [9.17, 15) is 0 Å². The van der Waals surface area contributed by atoms with Crippen molar-refractivity contribution in [3.05, 3.63) is 83.4 Å². The van der Waals surface area contributed by atoms with E-state index in [1.807, 2.05) is 0 Å². The largest absolute Gasteiger partial charge is 0.338 e. The number of benzene rings is 3. The van der Waals surface area contributed by atoms with Crippen LogP contribution >= 0.6 is 0 Å². The lowest BCUT2D eigenvalue weighted by atomic mass is 10.0. The number of anilines is 4. The van der Waals surface area contributed by atoms with Gasteiger partial charge in [-0.15, -0.1) is 0 Å². The average molecular weight is 328 g/mol. The number of fused-ring (bicyclic) bond motifs is 2. The number of nitrogens with zero attached hydrogens (tertiary/aromatic N) is 2. The second-order valence-corrected chi connectivity index (χ2v) is 6.80. The van der Waals surface area contributed by atoms with E-state index in [1.54, 1.807) is 0 Å². The fraction of sp³-hybridized carbons (Fsp3) is 0.217. The van der Waals surface area contributed by atoms with Crippen LogP contribution < -0.4 is 9.80 Å². The number of hydrogen-bond donors (Lipinski definition) is 0. The Bertz CT molecular complexity index is 846. The Hall–Kier alpha value is -2.74. The third-order valence-electron chi connectivity index (χ3n) is 4.92. The molecule has 0 bridgehead atoms. The summed E-state index contributed by atoms with van der Waals surface area (Å²) in [5.74, 6) is 0. The normalized spacial score (nSPS) is 12.8. The van der Waals surface area contributed by atoms with E-state index in [1.165, 1.54) is 39.4 Å². The van der Waals surface area contributed by atoms with E-state index in [2.05, 4.69) is 97.3 Å².